The predicted octanol–water partition coefficient (Wildman–Crippen LogP) is 2.88. The number of nitrogens with one attached hydrogen (secondary N) is 1. The zero-order chi connectivity index (χ0) is 14.9. The molecule has 0 saturated carbocycles. The van der Waals surface area contributed by atoms with Crippen LogP contribution in [0.3, 0.4) is 0 Å². The van der Waals surface area contributed by atoms with E-state index in [0.717, 1.165) is 6.54 Å². The van der Waals surface area contributed by atoms with Crippen LogP contribution in [-0.2, 0) is 4.79 Å². The van der Waals surface area contributed by atoms with Gasteiger partial charge in [0.2, 0.25) is 5.91 Å². The number of carbonyl (C=O) groups is 1. The van der Waals surface area contributed by atoms with Crippen molar-refractivity contribution < 1.29 is 4.79 Å². The molecule has 0 radical (unpaired) electrons. The van der Waals surface area contributed by atoms with Crippen molar-refractivity contribution in [3.8, 4) is 0 Å². The summed E-state index contributed by atoms with van der Waals surface area (Å²) in [5.41, 5.74) is 3.68. The lowest BCUT2D eigenvalue weighted by molar-refractivity contribution is -0.128. The molecule has 1 amide bonds. The van der Waals surface area contributed by atoms with Crippen LogP contribution in [0.4, 0.5) is 0 Å². The van der Waals surface area contributed by atoms with Crippen molar-refractivity contribution in [3.05, 3.63) is 34.9 Å². The van der Waals surface area contributed by atoms with Gasteiger partial charge < -0.3 is 4.90 Å². The van der Waals surface area contributed by atoms with E-state index in [2.05, 4.69) is 57.5 Å². The minimum Gasteiger partial charge on any atom is -0.320 e. The highest BCUT2D eigenvalue weighted by Crippen LogP contribution is 2.31. The van der Waals surface area contributed by atoms with Gasteiger partial charge in [-0.15, -0.1) is 0 Å². The van der Waals surface area contributed by atoms with Gasteiger partial charge in [-0.2, -0.15) is 11.8 Å². The second-order valence-corrected chi connectivity index (χ2v) is 7.64. The molecule has 0 aromatic heterocycles. The van der Waals surface area contributed by atoms with Gasteiger partial charge >= 0.3 is 0 Å². The maximum Gasteiger partial charge on any atom is 0.238 e. The lowest BCUT2D eigenvalue weighted by Gasteiger charge is -2.33. The second kappa shape index (κ2) is 5.78. The van der Waals surface area contributed by atoms with Gasteiger partial charge in [0.25, 0.3) is 0 Å². The number of thioether (sulfide) groups is 1. The molecule has 1 aliphatic heterocycles. The van der Waals surface area contributed by atoms with Gasteiger partial charge in [-0.1, -0.05) is 23.8 Å². The molecule has 0 bridgehead atoms. The van der Waals surface area contributed by atoms with Gasteiger partial charge in [0, 0.05) is 11.3 Å². The topological polar surface area (TPSA) is 32.3 Å². The Hall–Kier alpha value is -1.00. The summed E-state index contributed by atoms with van der Waals surface area (Å²) in [5, 5.41) is 3.35. The molecule has 1 fully saturated rings. The summed E-state index contributed by atoms with van der Waals surface area (Å²) in [6.07, 6.45) is 2.11. The van der Waals surface area contributed by atoms with E-state index in [0.29, 0.717) is 6.54 Å². The first-order chi connectivity index (χ1) is 9.34. The van der Waals surface area contributed by atoms with Crippen molar-refractivity contribution in [2.24, 2.45) is 0 Å². The highest BCUT2D eigenvalue weighted by molar-refractivity contribution is 7.99. The highest BCUT2D eigenvalue weighted by Gasteiger charge is 2.35. The first-order valence-corrected chi connectivity index (χ1v) is 8.22. The number of hydrogen-bond acceptors (Lipinski definition) is 3. The molecule has 20 heavy (non-hydrogen) atoms. The molecule has 1 heterocycles. The van der Waals surface area contributed by atoms with Crippen molar-refractivity contribution in [3.63, 3.8) is 0 Å². The van der Waals surface area contributed by atoms with Crippen LogP contribution in [0.15, 0.2) is 18.2 Å². The fraction of sp³-hybridized carbons (Fsp3) is 0.562. The van der Waals surface area contributed by atoms with Crippen LogP contribution >= 0.6 is 11.8 Å². The molecule has 1 aromatic carbocycles. The number of carbonyl (C=O) groups excluding carboxylic acids is 1. The molecule has 1 unspecified atom stereocenters. The normalized spacial score (nSPS) is 19.8. The van der Waals surface area contributed by atoms with Crippen LogP contribution in [0, 0.1) is 13.8 Å². The van der Waals surface area contributed by atoms with Gasteiger partial charge in [0.1, 0.15) is 6.17 Å². The number of benzene rings is 1. The van der Waals surface area contributed by atoms with Crippen molar-refractivity contribution in [2.45, 2.75) is 38.6 Å². The van der Waals surface area contributed by atoms with E-state index in [-0.39, 0.29) is 16.8 Å². The molecule has 1 aromatic rings. The quantitative estimate of drug-likeness (QED) is 0.926. The fourth-order valence-corrected chi connectivity index (χ4v) is 2.79. The molecule has 1 atom stereocenters. The Labute approximate surface area is 126 Å². The van der Waals surface area contributed by atoms with E-state index in [1.54, 1.807) is 11.8 Å². The van der Waals surface area contributed by atoms with Crippen LogP contribution in [0.1, 0.15) is 36.7 Å². The van der Waals surface area contributed by atoms with E-state index < -0.39 is 0 Å². The fourth-order valence-electron chi connectivity index (χ4n) is 2.53. The Bertz CT molecular complexity index is 513. The molecular formula is C16H24N2OS. The summed E-state index contributed by atoms with van der Waals surface area (Å²) < 4.78 is 0.0671. The molecule has 110 valence electrons. The van der Waals surface area contributed by atoms with Crippen LogP contribution in [0.2, 0.25) is 0 Å². The lowest BCUT2D eigenvalue weighted by Crippen LogP contribution is -2.40. The van der Waals surface area contributed by atoms with Crippen molar-refractivity contribution in [1.29, 1.82) is 0 Å². The number of rotatable bonds is 4. The molecule has 0 spiro atoms. The Morgan fingerprint density at radius 3 is 2.75 bits per heavy atom. The van der Waals surface area contributed by atoms with Crippen molar-refractivity contribution >= 4 is 17.7 Å². The molecule has 3 nitrogen and oxygen atoms in total. The number of aryl methyl sites for hydroxylation is 2. The van der Waals surface area contributed by atoms with Gasteiger partial charge in [-0.3, -0.25) is 10.1 Å². The van der Waals surface area contributed by atoms with E-state index in [1.165, 1.54) is 16.7 Å². The molecular weight excluding hydrogens is 268 g/mol. The average Bonchev–Trinajstić information content (AvgIpc) is 2.74. The summed E-state index contributed by atoms with van der Waals surface area (Å²) in [5.74, 6) is 0.193. The van der Waals surface area contributed by atoms with E-state index in [9.17, 15) is 4.79 Å². The molecule has 1 saturated heterocycles. The van der Waals surface area contributed by atoms with Crippen LogP contribution < -0.4 is 5.32 Å². The van der Waals surface area contributed by atoms with Gasteiger partial charge in [0.15, 0.2) is 0 Å². The largest absolute Gasteiger partial charge is 0.320 e. The predicted molar refractivity (Wildman–Crippen MR) is 86.0 cm³/mol. The third-order valence-corrected chi connectivity index (χ3v) is 5.15. The standard InChI is InChI=1S/C16H24N2OS/c1-11-6-7-12(2)13(8-11)15-17-9-14(19)18(15)10-16(3,4)20-5/h6-8,15,17H,9-10H2,1-5H3. The number of nitrogens with zero attached hydrogens (tertiary/aromatic N) is 1. The van der Waals surface area contributed by atoms with Crippen LogP contribution in [-0.4, -0.2) is 34.9 Å². The summed E-state index contributed by atoms with van der Waals surface area (Å²) >= 11 is 1.80. The highest BCUT2D eigenvalue weighted by atomic mass is 32.2. The zero-order valence-corrected chi connectivity index (χ0v) is 13.8. The van der Waals surface area contributed by atoms with Crippen molar-refractivity contribution in [2.75, 3.05) is 19.3 Å². The molecule has 4 heteroatoms. The smallest absolute Gasteiger partial charge is 0.238 e. The summed E-state index contributed by atoms with van der Waals surface area (Å²) in [7, 11) is 0. The monoisotopic (exact) mass is 292 g/mol. The number of amides is 1. The van der Waals surface area contributed by atoms with Crippen molar-refractivity contribution in [1.82, 2.24) is 10.2 Å². The van der Waals surface area contributed by atoms with Gasteiger partial charge in [0.05, 0.1) is 6.54 Å². The SMILES string of the molecule is CSC(C)(C)CN1C(=O)CNC1c1cc(C)ccc1C. The first kappa shape index (κ1) is 15.4. The van der Waals surface area contributed by atoms with E-state index >= 15 is 0 Å². The summed E-state index contributed by atoms with van der Waals surface area (Å²) in [4.78, 5) is 14.2. The third-order valence-electron chi connectivity index (χ3n) is 3.91. The molecule has 1 N–H and O–H groups in total. The van der Waals surface area contributed by atoms with E-state index in [4.69, 9.17) is 0 Å². The van der Waals surface area contributed by atoms with Gasteiger partial charge in [-0.05, 0) is 45.1 Å². The van der Waals surface area contributed by atoms with E-state index in [1.807, 2.05) is 4.90 Å². The Kier molecular flexibility index (Phi) is 4.45. The molecule has 0 aliphatic carbocycles. The lowest BCUT2D eigenvalue weighted by atomic mass is 10.0. The summed E-state index contributed by atoms with van der Waals surface area (Å²) in [6, 6.07) is 6.43. The third kappa shape index (κ3) is 3.18. The number of hydrogen-bond donors (Lipinski definition) is 1. The Balaban J connectivity index is 2.30. The second-order valence-electron chi connectivity index (χ2n) is 6.13. The minimum atomic E-state index is 0.00817. The molecule has 1 aliphatic rings. The average molecular weight is 292 g/mol. The Morgan fingerprint density at radius 1 is 1.40 bits per heavy atom. The maximum atomic E-state index is 12.2. The van der Waals surface area contributed by atoms with Crippen LogP contribution in [0.5, 0.6) is 0 Å². The Morgan fingerprint density at radius 2 is 2.10 bits per heavy atom. The minimum absolute atomic E-state index is 0.00817. The van der Waals surface area contributed by atoms with Crippen LogP contribution in [0.25, 0.3) is 0 Å². The zero-order valence-electron chi connectivity index (χ0n) is 13.0. The molecule has 2 rings (SSSR count). The maximum absolute atomic E-state index is 12.2. The van der Waals surface area contributed by atoms with Gasteiger partial charge in [-0.25, -0.2) is 0 Å². The first-order valence-electron chi connectivity index (χ1n) is 6.99. The summed E-state index contributed by atoms with van der Waals surface area (Å²) in [6.45, 7) is 9.76.